The van der Waals surface area contributed by atoms with Crippen LogP contribution < -0.4 is 10.6 Å². The second kappa shape index (κ2) is 5.04. The third kappa shape index (κ3) is 3.19. The van der Waals surface area contributed by atoms with Gasteiger partial charge in [0.05, 0.1) is 0 Å². The summed E-state index contributed by atoms with van der Waals surface area (Å²) in [5.41, 5.74) is 0.0150. The van der Waals surface area contributed by atoms with Crippen LogP contribution in [0.4, 0.5) is 0 Å². The molecule has 17 heavy (non-hydrogen) atoms. The molecule has 1 saturated carbocycles. The highest BCUT2D eigenvalue weighted by Crippen LogP contribution is 2.34. The molecule has 0 bridgehead atoms. The molecule has 1 aliphatic carbocycles. The Morgan fingerprint density at radius 2 is 2.12 bits per heavy atom. The van der Waals surface area contributed by atoms with E-state index in [2.05, 4.69) is 10.6 Å². The number of carbonyl (C=O) groups is 2. The number of carboxylic acids is 1. The zero-order chi connectivity index (χ0) is 12.3. The number of hydrogen-bond donors (Lipinski definition) is 3. The zero-order valence-corrected chi connectivity index (χ0v) is 10.00. The van der Waals surface area contributed by atoms with Crippen LogP contribution in [0.2, 0.25) is 0 Å². The van der Waals surface area contributed by atoms with Crippen LogP contribution in [0.25, 0.3) is 0 Å². The van der Waals surface area contributed by atoms with Crippen LogP contribution in [0.1, 0.15) is 38.5 Å². The van der Waals surface area contributed by atoms with Crippen LogP contribution in [0.5, 0.6) is 0 Å². The molecule has 96 valence electrons. The fraction of sp³-hybridized carbons (Fsp3) is 0.833. The number of rotatable bonds is 2. The highest BCUT2D eigenvalue weighted by molar-refractivity contribution is 5.76. The highest BCUT2D eigenvalue weighted by Gasteiger charge is 2.36. The summed E-state index contributed by atoms with van der Waals surface area (Å²) in [5.74, 6) is -0.283. The first-order valence-electron chi connectivity index (χ1n) is 6.33. The minimum Gasteiger partial charge on any atom is -0.481 e. The van der Waals surface area contributed by atoms with Crippen molar-refractivity contribution in [1.29, 1.82) is 0 Å². The standard InChI is InChI=1S/C12H20N2O3/c15-10-3-6-14-12(8-13-10)4-1-9(2-5-12)7-11(16)17/h9,14H,1-8H2,(H,13,15)(H,16,17). The van der Waals surface area contributed by atoms with Crippen LogP contribution in [0.15, 0.2) is 0 Å². The number of nitrogens with one attached hydrogen (secondary N) is 2. The summed E-state index contributed by atoms with van der Waals surface area (Å²) in [5, 5.41) is 15.2. The summed E-state index contributed by atoms with van der Waals surface area (Å²) in [6.07, 6.45) is 4.63. The first-order valence-corrected chi connectivity index (χ1v) is 6.33. The van der Waals surface area contributed by atoms with Crippen molar-refractivity contribution in [3.8, 4) is 0 Å². The van der Waals surface area contributed by atoms with Crippen LogP contribution in [0.3, 0.4) is 0 Å². The minimum atomic E-state index is -0.701. The number of aliphatic carboxylic acids is 1. The lowest BCUT2D eigenvalue weighted by Crippen LogP contribution is -2.53. The molecular weight excluding hydrogens is 220 g/mol. The highest BCUT2D eigenvalue weighted by atomic mass is 16.4. The van der Waals surface area contributed by atoms with Crippen LogP contribution >= 0.6 is 0 Å². The maximum absolute atomic E-state index is 11.3. The molecule has 2 aliphatic rings. The first-order chi connectivity index (χ1) is 8.10. The smallest absolute Gasteiger partial charge is 0.303 e. The molecule has 1 heterocycles. The number of carbonyl (C=O) groups excluding carboxylic acids is 1. The van der Waals surface area contributed by atoms with Gasteiger partial charge in [-0.2, -0.15) is 0 Å². The summed E-state index contributed by atoms with van der Waals surface area (Å²) in [6, 6.07) is 0. The molecule has 5 heteroatoms. The van der Waals surface area contributed by atoms with Gasteiger partial charge in [-0.1, -0.05) is 0 Å². The van der Waals surface area contributed by atoms with Gasteiger partial charge in [0.25, 0.3) is 0 Å². The van der Waals surface area contributed by atoms with E-state index in [1.54, 1.807) is 0 Å². The third-order valence-electron chi connectivity index (χ3n) is 4.00. The first kappa shape index (κ1) is 12.4. The van der Waals surface area contributed by atoms with Gasteiger partial charge in [-0.25, -0.2) is 0 Å². The summed E-state index contributed by atoms with van der Waals surface area (Å²) in [6.45, 7) is 1.42. The van der Waals surface area contributed by atoms with E-state index in [-0.39, 0.29) is 17.9 Å². The molecule has 2 rings (SSSR count). The van der Waals surface area contributed by atoms with Crippen molar-refractivity contribution in [3.05, 3.63) is 0 Å². The Labute approximate surface area is 101 Å². The van der Waals surface area contributed by atoms with E-state index in [9.17, 15) is 9.59 Å². The van der Waals surface area contributed by atoms with Crippen LogP contribution in [-0.4, -0.2) is 35.6 Å². The van der Waals surface area contributed by atoms with Crippen molar-refractivity contribution in [2.75, 3.05) is 13.1 Å². The largest absolute Gasteiger partial charge is 0.481 e. The van der Waals surface area contributed by atoms with Crippen molar-refractivity contribution in [2.24, 2.45) is 5.92 Å². The quantitative estimate of drug-likeness (QED) is 0.656. The Morgan fingerprint density at radius 1 is 1.41 bits per heavy atom. The van der Waals surface area contributed by atoms with Crippen molar-refractivity contribution in [3.63, 3.8) is 0 Å². The van der Waals surface area contributed by atoms with E-state index < -0.39 is 5.97 Å². The van der Waals surface area contributed by atoms with Crippen molar-refractivity contribution >= 4 is 11.9 Å². The fourth-order valence-corrected chi connectivity index (χ4v) is 2.89. The maximum Gasteiger partial charge on any atom is 0.303 e. The molecule has 0 aromatic rings. The van der Waals surface area contributed by atoms with E-state index in [4.69, 9.17) is 5.11 Å². The van der Waals surface area contributed by atoms with Crippen molar-refractivity contribution < 1.29 is 14.7 Å². The van der Waals surface area contributed by atoms with Crippen LogP contribution in [0, 0.1) is 5.92 Å². The van der Waals surface area contributed by atoms with Crippen LogP contribution in [-0.2, 0) is 9.59 Å². The van der Waals surface area contributed by atoms with Gasteiger partial charge in [-0.3, -0.25) is 9.59 Å². The molecule has 1 amide bonds. The van der Waals surface area contributed by atoms with Gasteiger partial charge in [-0.15, -0.1) is 0 Å². The number of carboxylic acid groups (broad SMARTS) is 1. The van der Waals surface area contributed by atoms with E-state index in [1.807, 2.05) is 0 Å². The lowest BCUT2D eigenvalue weighted by atomic mass is 9.75. The van der Waals surface area contributed by atoms with Gasteiger partial charge in [0.15, 0.2) is 0 Å². The normalized spacial score (nSPS) is 34.1. The summed E-state index contributed by atoms with van der Waals surface area (Å²) >= 11 is 0. The molecule has 3 N–H and O–H groups in total. The molecule has 1 aliphatic heterocycles. The average molecular weight is 240 g/mol. The lowest BCUT2D eigenvalue weighted by molar-refractivity contribution is -0.138. The van der Waals surface area contributed by atoms with Crippen molar-refractivity contribution in [1.82, 2.24) is 10.6 Å². The molecule has 2 fully saturated rings. The third-order valence-corrected chi connectivity index (χ3v) is 4.00. The van der Waals surface area contributed by atoms with Gasteiger partial charge in [-0.05, 0) is 31.6 Å². The van der Waals surface area contributed by atoms with Gasteiger partial charge in [0.1, 0.15) is 0 Å². The second-order valence-corrected chi connectivity index (χ2v) is 5.28. The maximum atomic E-state index is 11.3. The molecule has 0 aromatic carbocycles. The SMILES string of the molecule is O=C(O)CC1CCC2(CC1)CNC(=O)CCN2. The van der Waals surface area contributed by atoms with E-state index in [0.29, 0.717) is 18.9 Å². The zero-order valence-electron chi connectivity index (χ0n) is 10.00. The molecular formula is C12H20N2O3. The molecule has 0 aromatic heterocycles. The Kier molecular flexibility index (Phi) is 3.66. The van der Waals surface area contributed by atoms with Gasteiger partial charge in [0, 0.05) is 31.5 Å². The van der Waals surface area contributed by atoms with Gasteiger partial charge >= 0.3 is 5.97 Å². The molecule has 0 radical (unpaired) electrons. The Balaban J connectivity index is 1.88. The lowest BCUT2D eigenvalue weighted by Gasteiger charge is -2.39. The molecule has 0 unspecified atom stereocenters. The number of hydrogen-bond acceptors (Lipinski definition) is 3. The molecule has 1 spiro atoms. The predicted octanol–water partition coefficient (Wildman–Crippen LogP) is 0.500. The monoisotopic (exact) mass is 240 g/mol. The summed E-state index contributed by atoms with van der Waals surface area (Å²) < 4.78 is 0. The minimum absolute atomic E-state index is 0.0150. The Bertz CT molecular complexity index is 309. The molecule has 1 saturated heterocycles. The van der Waals surface area contributed by atoms with Gasteiger partial charge in [0.2, 0.25) is 5.91 Å². The predicted molar refractivity (Wildman–Crippen MR) is 62.6 cm³/mol. The fourth-order valence-electron chi connectivity index (χ4n) is 2.89. The van der Waals surface area contributed by atoms with E-state index in [1.165, 1.54) is 0 Å². The Morgan fingerprint density at radius 3 is 2.76 bits per heavy atom. The molecule has 5 nitrogen and oxygen atoms in total. The summed E-state index contributed by atoms with van der Waals surface area (Å²) in [7, 11) is 0. The second-order valence-electron chi connectivity index (χ2n) is 5.28. The Hall–Kier alpha value is -1.10. The topological polar surface area (TPSA) is 78.4 Å². The van der Waals surface area contributed by atoms with Crippen molar-refractivity contribution in [2.45, 2.75) is 44.1 Å². The van der Waals surface area contributed by atoms with Gasteiger partial charge < -0.3 is 15.7 Å². The van der Waals surface area contributed by atoms with E-state index in [0.717, 1.165) is 32.2 Å². The number of amides is 1. The summed E-state index contributed by atoms with van der Waals surface area (Å²) in [4.78, 5) is 22.0. The van der Waals surface area contributed by atoms with E-state index >= 15 is 0 Å². The molecule has 0 atom stereocenters. The average Bonchev–Trinajstić information content (AvgIpc) is 2.45.